The van der Waals surface area contributed by atoms with Crippen LogP contribution in [0.1, 0.15) is 30.7 Å². The molecule has 0 unspecified atom stereocenters. The molecule has 1 aromatic carbocycles. The Hall–Kier alpha value is -2.54. The monoisotopic (exact) mass is 338 g/mol. The van der Waals surface area contributed by atoms with Gasteiger partial charge < -0.3 is 4.42 Å². The van der Waals surface area contributed by atoms with E-state index in [-0.39, 0.29) is 0 Å². The normalized spacial score (nSPS) is 18.5. The van der Waals surface area contributed by atoms with Crippen LogP contribution in [0.4, 0.5) is 0 Å². The van der Waals surface area contributed by atoms with E-state index in [0.29, 0.717) is 24.4 Å². The van der Waals surface area contributed by atoms with Crippen molar-refractivity contribution in [1.29, 1.82) is 0 Å². The Bertz CT molecular complexity index is 795. The third-order valence-electron chi connectivity index (χ3n) is 4.72. The molecule has 3 heterocycles. The van der Waals surface area contributed by atoms with Gasteiger partial charge in [-0.05, 0) is 38.4 Å². The van der Waals surface area contributed by atoms with Crippen molar-refractivity contribution in [3.05, 3.63) is 48.4 Å². The zero-order valence-corrected chi connectivity index (χ0v) is 14.4. The van der Waals surface area contributed by atoms with Crippen LogP contribution in [0.5, 0.6) is 0 Å². The average molecular weight is 338 g/mol. The summed E-state index contributed by atoms with van der Waals surface area (Å²) in [5.74, 6) is 1.25. The highest BCUT2D eigenvalue weighted by Crippen LogP contribution is 2.23. The van der Waals surface area contributed by atoms with Crippen LogP contribution < -0.4 is 0 Å². The maximum Gasteiger partial charge on any atom is 0.247 e. The lowest BCUT2D eigenvalue weighted by Gasteiger charge is -2.34. The summed E-state index contributed by atoms with van der Waals surface area (Å²) in [6.07, 6.45) is 6.95. The molecule has 1 saturated heterocycles. The van der Waals surface area contributed by atoms with Crippen LogP contribution in [0.15, 0.2) is 41.3 Å². The van der Waals surface area contributed by atoms with Gasteiger partial charge in [0.25, 0.3) is 0 Å². The quantitative estimate of drug-likeness (QED) is 0.712. The second kappa shape index (κ2) is 7.14. The number of likely N-dealkylation sites (tertiary alicyclic amines) is 1. The van der Waals surface area contributed by atoms with Gasteiger partial charge in [0.05, 0.1) is 13.1 Å². The first kappa shape index (κ1) is 16.0. The van der Waals surface area contributed by atoms with Gasteiger partial charge in [-0.3, -0.25) is 9.58 Å². The number of piperidine rings is 1. The minimum atomic E-state index is 0.421. The molecule has 0 radical (unpaired) electrons. The molecule has 1 aliphatic heterocycles. The Balaban J connectivity index is 1.45. The second-order valence-electron chi connectivity index (χ2n) is 6.60. The van der Waals surface area contributed by atoms with E-state index in [2.05, 4.69) is 44.2 Å². The fourth-order valence-corrected chi connectivity index (χ4v) is 3.32. The number of aromatic nitrogens is 5. The van der Waals surface area contributed by atoms with E-state index < -0.39 is 0 Å². The van der Waals surface area contributed by atoms with Crippen LogP contribution in [0.2, 0.25) is 0 Å². The van der Waals surface area contributed by atoms with Crippen molar-refractivity contribution in [3.63, 3.8) is 0 Å². The summed E-state index contributed by atoms with van der Waals surface area (Å²) in [5, 5.41) is 12.7. The lowest BCUT2D eigenvalue weighted by atomic mass is 10.0. The third-order valence-corrected chi connectivity index (χ3v) is 4.72. The lowest BCUT2D eigenvalue weighted by Crippen LogP contribution is -2.41. The topological polar surface area (TPSA) is 72.9 Å². The van der Waals surface area contributed by atoms with Crippen molar-refractivity contribution in [1.82, 2.24) is 29.9 Å². The van der Waals surface area contributed by atoms with Crippen molar-refractivity contribution < 1.29 is 4.42 Å². The number of benzene rings is 1. The van der Waals surface area contributed by atoms with Gasteiger partial charge in [0.2, 0.25) is 11.8 Å². The highest BCUT2D eigenvalue weighted by Gasteiger charge is 2.25. The highest BCUT2D eigenvalue weighted by molar-refractivity contribution is 5.52. The summed E-state index contributed by atoms with van der Waals surface area (Å²) >= 11 is 0. The van der Waals surface area contributed by atoms with Crippen LogP contribution in [-0.4, -0.2) is 42.4 Å². The molecule has 25 heavy (non-hydrogen) atoms. The Kier molecular flexibility index (Phi) is 4.56. The Morgan fingerprint density at radius 2 is 2.04 bits per heavy atom. The summed E-state index contributed by atoms with van der Waals surface area (Å²) in [6, 6.07) is 8.56. The predicted octanol–water partition coefficient (Wildman–Crippen LogP) is 2.69. The van der Waals surface area contributed by atoms with Gasteiger partial charge >= 0.3 is 0 Å². The standard InChI is InChI=1S/C18H22N6O/c1-14-5-7-15(8-6-14)18-22-21-17(25-18)11-23-9-3-2-4-16(23)10-24-13-19-12-20-24/h5-8,12-13,16H,2-4,9-11H2,1H3/t16-/m1/s1. The molecule has 0 saturated carbocycles. The fraction of sp³-hybridized carbons (Fsp3) is 0.444. The van der Waals surface area contributed by atoms with Crippen molar-refractivity contribution >= 4 is 0 Å². The maximum absolute atomic E-state index is 5.90. The van der Waals surface area contributed by atoms with E-state index in [9.17, 15) is 0 Å². The summed E-state index contributed by atoms with van der Waals surface area (Å²) in [5.41, 5.74) is 2.18. The maximum atomic E-state index is 5.90. The van der Waals surface area contributed by atoms with Crippen LogP contribution in [-0.2, 0) is 13.1 Å². The van der Waals surface area contributed by atoms with Crippen LogP contribution in [0.25, 0.3) is 11.5 Å². The van der Waals surface area contributed by atoms with Crippen LogP contribution in [0, 0.1) is 6.92 Å². The van der Waals surface area contributed by atoms with Crippen LogP contribution in [0.3, 0.4) is 0 Å². The van der Waals surface area contributed by atoms with Gasteiger partial charge in [0.1, 0.15) is 12.7 Å². The zero-order valence-electron chi connectivity index (χ0n) is 14.4. The number of hydrogen-bond acceptors (Lipinski definition) is 6. The molecule has 1 fully saturated rings. The van der Waals surface area contributed by atoms with Gasteiger partial charge in [-0.1, -0.05) is 24.1 Å². The molecule has 2 aromatic heterocycles. The molecule has 1 atom stereocenters. The van der Waals surface area contributed by atoms with Crippen molar-refractivity contribution in [2.24, 2.45) is 0 Å². The molecule has 130 valence electrons. The molecule has 7 nitrogen and oxygen atoms in total. The van der Waals surface area contributed by atoms with E-state index in [1.165, 1.54) is 18.4 Å². The van der Waals surface area contributed by atoms with Crippen molar-refractivity contribution in [2.45, 2.75) is 45.3 Å². The van der Waals surface area contributed by atoms with Gasteiger partial charge in [-0.15, -0.1) is 10.2 Å². The first-order valence-corrected chi connectivity index (χ1v) is 8.74. The average Bonchev–Trinajstić information content (AvgIpc) is 3.29. The van der Waals surface area contributed by atoms with E-state index in [1.807, 2.05) is 16.8 Å². The first-order valence-electron chi connectivity index (χ1n) is 8.74. The molecular formula is C18H22N6O. The lowest BCUT2D eigenvalue weighted by molar-refractivity contribution is 0.111. The predicted molar refractivity (Wildman–Crippen MR) is 92.5 cm³/mol. The molecular weight excluding hydrogens is 316 g/mol. The molecule has 0 bridgehead atoms. The largest absolute Gasteiger partial charge is 0.419 e. The summed E-state index contributed by atoms with van der Waals surface area (Å²) in [6.45, 7) is 4.63. The summed E-state index contributed by atoms with van der Waals surface area (Å²) < 4.78 is 7.79. The van der Waals surface area contributed by atoms with Crippen molar-refractivity contribution in [2.75, 3.05) is 6.54 Å². The van der Waals surface area contributed by atoms with Gasteiger partial charge in [0.15, 0.2) is 0 Å². The summed E-state index contributed by atoms with van der Waals surface area (Å²) in [4.78, 5) is 6.45. The zero-order chi connectivity index (χ0) is 17.1. The van der Waals surface area contributed by atoms with Gasteiger partial charge in [0, 0.05) is 11.6 Å². The molecule has 0 amide bonds. The van der Waals surface area contributed by atoms with Gasteiger partial charge in [-0.2, -0.15) is 5.10 Å². The van der Waals surface area contributed by atoms with E-state index in [1.54, 1.807) is 12.7 Å². The smallest absolute Gasteiger partial charge is 0.247 e. The molecule has 3 aromatic rings. The molecule has 0 N–H and O–H groups in total. The molecule has 0 spiro atoms. The van der Waals surface area contributed by atoms with Crippen molar-refractivity contribution in [3.8, 4) is 11.5 Å². The first-order chi connectivity index (χ1) is 12.3. The second-order valence-corrected chi connectivity index (χ2v) is 6.60. The highest BCUT2D eigenvalue weighted by atomic mass is 16.4. The number of rotatable bonds is 5. The van der Waals surface area contributed by atoms with Gasteiger partial charge in [-0.25, -0.2) is 4.98 Å². The number of nitrogens with zero attached hydrogens (tertiary/aromatic N) is 6. The third kappa shape index (κ3) is 3.76. The summed E-state index contributed by atoms with van der Waals surface area (Å²) in [7, 11) is 0. The minimum absolute atomic E-state index is 0.421. The van der Waals surface area contributed by atoms with E-state index in [0.717, 1.165) is 25.1 Å². The number of hydrogen-bond donors (Lipinski definition) is 0. The number of aryl methyl sites for hydroxylation is 1. The SMILES string of the molecule is Cc1ccc(-c2nnc(CN3CCCC[C@@H]3Cn3cncn3)o2)cc1. The molecule has 4 rings (SSSR count). The molecule has 0 aliphatic carbocycles. The van der Waals surface area contributed by atoms with E-state index >= 15 is 0 Å². The molecule has 7 heteroatoms. The Morgan fingerprint density at radius 3 is 2.84 bits per heavy atom. The van der Waals surface area contributed by atoms with Crippen LogP contribution >= 0.6 is 0 Å². The Labute approximate surface area is 146 Å². The fourth-order valence-electron chi connectivity index (χ4n) is 3.32. The van der Waals surface area contributed by atoms with E-state index in [4.69, 9.17) is 4.42 Å². The minimum Gasteiger partial charge on any atom is -0.419 e. The molecule has 1 aliphatic rings. The Morgan fingerprint density at radius 1 is 1.16 bits per heavy atom.